The number of amides is 2. The van der Waals surface area contributed by atoms with Gasteiger partial charge in [0.25, 0.3) is 5.91 Å². The molecule has 0 radical (unpaired) electrons. The molecule has 1 aromatic carbocycles. The van der Waals surface area contributed by atoms with E-state index >= 15 is 0 Å². The molecule has 5 nitrogen and oxygen atoms in total. The van der Waals surface area contributed by atoms with Crippen molar-refractivity contribution in [1.29, 1.82) is 0 Å². The lowest BCUT2D eigenvalue weighted by atomic mass is 10.1. The number of hydrogen-bond donors (Lipinski definition) is 3. The molecule has 1 atom stereocenters. The third-order valence-electron chi connectivity index (χ3n) is 3.94. The van der Waals surface area contributed by atoms with E-state index in [0.29, 0.717) is 24.2 Å². The molecule has 2 aromatic rings. The van der Waals surface area contributed by atoms with Gasteiger partial charge in [0.15, 0.2) is 0 Å². The standard InChI is InChI=1S/C20H27N3O2S/c1-3-21-15(2)14-22-20(25)16-7-4-8-17(13-16)23-19(24)11-5-9-18-10-6-12-26-18/h4,6-8,10,12-13,15,21H,3,5,9,11,14H2,1-2H3,(H,22,25)(H,23,24)/t15-/m1/s1. The van der Waals surface area contributed by atoms with Crippen molar-refractivity contribution in [3.05, 3.63) is 52.2 Å². The van der Waals surface area contributed by atoms with Crippen LogP contribution in [0.5, 0.6) is 0 Å². The summed E-state index contributed by atoms with van der Waals surface area (Å²) in [6.45, 7) is 5.48. The van der Waals surface area contributed by atoms with Crippen molar-refractivity contribution in [3.8, 4) is 0 Å². The zero-order valence-corrected chi connectivity index (χ0v) is 16.2. The highest BCUT2D eigenvalue weighted by Gasteiger charge is 2.09. The van der Waals surface area contributed by atoms with Crippen molar-refractivity contribution in [2.24, 2.45) is 0 Å². The van der Waals surface area contributed by atoms with Crippen LogP contribution in [0.1, 0.15) is 41.9 Å². The minimum atomic E-state index is -0.136. The molecule has 1 heterocycles. The normalized spacial score (nSPS) is 11.8. The summed E-state index contributed by atoms with van der Waals surface area (Å²) in [4.78, 5) is 25.6. The van der Waals surface area contributed by atoms with E-state index in [-0.39, 0.29) is 17.9 Å². The first-order chi connectivity index (χ1) is 12.6. The molecule has 0 saturated carbocycles. The maximum absolute atomic E-state index is 12.2. The molecule has 140 valence electrons. The lowest BCUT2D eigenvalue weighted by Crippen LogP contribution is -2.38. The third-order valence-corrected chi connectivity index (χ3v) is 4.87. The fourth-order valence-corrected chi connectivity index (χ4v) is 3.36. The number of hydrogen-bond acceptors (Lipinski definition) is 4. The SMILES string of the molecule is CCN[C@H](C)CNC(=O)c1cccc(NC(=O)CCCc2cccs2)c1. The number of carbonyl (C=O) groups is 2. The molecule has 0 bridgehead atoms. The summed E-state index contributed by atoms with van der Waals surface area (Å²) in [5.41, 5.74) is 1.20. The maximum atomic E-state index is 12.2. The second-order valence-corrected chi connectivity index (χ2v) is 7.26. The molecule has 0 spiro atoms. The second kappa shape index (κ2) is 10.7. The van der Waals surface area contributed by atoms with Crippen LogP contribution in [0.15, 0.2) is 41.8 Å². The monoisotopic (exact) mass is 373 g/mol. The van der Waals surface area contributed by atoms with Crippen molar-refractivity contribution in [1.82, 2.24) is 10.6 Å². The quantitative estimate of drug-likeness (QED) is 0.597. The summed E-state index contributed by atoms with van der Waals surface area (Å²) in [6, 6.07) is 11.4. The molecule has 1 aromatic heterocycles. The van der Waals surface area contributed by atoms with Crippen LogP contribution in [0.2, 0.25) is 0 Å². The minimum absolute atomic E-state index is 0.0279. The first-order valence-electron chi connectivity index (χ1n) is 9.02. The molecule has 6 heteroatoms. The van der Waals surface area contributed by atoms with E-state index in [2.05, 4.69) is 22.0 Å². The minimum Gasteiger partial charge on any atom is -0.350 e. The summed E-state index contributed by atoms with van der Waals surface area (Å²) in [5.74, 6) is -0.163. The average molecular weight is 374 g/mol. The predicted molar refractivity (Wildman–Crippen MR) is 108 cm³/mol. The summed E-state index contributed by atoms with van der Waals surface area (Å²) in [6.07, 6.45) is 2.20. The van der Waals surface area contributed by atoms with Gasteiger partial charge in [-0.25, -0.2) is 0 Å². The fourth-order valence-electron chi connectivity index (χ4n) is 2.61. The number of benzene rings is 1. The van der Waals surface area contributed by atoms with Crippen LogP contribution in [-0.4, -0.2) is 30.9 Å². The Labute approximate surface area is 159 Å². The Kier molecular flexibility index (Phi) is 8.31. The van der Waals surface area contributed by atoms with Gasteiger partial charge in [-0.15, -0.1) is 11.3 Å². The highest BCUT2D eigenvalue weighted by molar-refractivity contribution is 7.09. The smallest absolute Gasteiger partial charge is 0.251 e. The zero-order chi connectivity index (χ0) is 18.8. The average Bonchev–Trinajstić information content (AvgIpc) is 3.13. The second-order valence-electron chi connectivity index (χ2n) is 6.23. The van der Waals surface area contributed by atoms with Gasteiger partial charge in [-0.2, -0.15) is 0 Å². The molecular weight excluding hydrogens is 346 g/mol. The molecule has 0 fully saturated rings. The fraction of sp³-hybridized carbons (Fsp3) is 0.400. The summed E-state index contributed by atoms with van der Waals surface area (Å²) < 4.78 is 0. The largest absolute Gasteiger partial charge is 0.350 e. The molecule has 0 saturated heterocycles. The van der Waals surface area contributed by atoms with E-state index in [1.54, 1.807) is 35.6 Å². The molecule has 26 heavy (non-hydrogen) atoms. The molecular formula is C20H27N3O2S. The van der Waals surface area contributed by atoms with E-state index in [9.17, 15) is 9.59 Å². The van der Waals surface area contributed by atoms with E-state index in [1.165, 1.54) is 4.88 Å². The van der Waals surface area contributed by atoms with Gasteiger partial charge in [-0.1, -0.05) is 19.1 Å². The lowest BCUT2D eigenvalue weighted by Gasteiger charge is -2.13. The predicted octanol–water partition coefficient (Wildman–Crippen LogP) is 3.44. The molecule has 0 unspecified atom stereocenters. The number of anilines is 1. The van der Waals surface area contributed by atoms with Crippen LogP contribution in [0.3, 0.4) is 0 Å². The number of rotatable bonds is 10. The summed E-state index contributed by atoms with van der Waals surface area (Å²) >= 11 is 1.71. The van der Waals surface area contributed by atoms with E-state index < -0.39 is 0 Å². The zero-order valence-electron chi connectivity index (χ0n) is 15.4. The Bertz CT molecular complexity index is 701. The van der Waals surface area contributed by atoms with Crippen LogP contribution >= 0.6 is 11.3 Å². The van der Waals surface area contributed by atoms with Crippen LogP contribution in [0, 0.1) is 0 Å². The molecule has 0 aliphatic heterocycles. The third kappa shape index (κ3) is 6.98. The summed E-state index contributed by atoms with van der Waals surface area (Å²) in [5, 5.41) is 11.1. The Morgan fingerprint density at radius 3 is 2.77 bits per heavy atom. The Hall–Kier alpha value is -2.18. The van der Waals surface area contributed by atoms with E-state index in [1.807, 2.05) is 25.3 Å². The van der Waals surface area contributed by atoms with Crippen LogP contribution in [0.25, 0.3) is 0 Å². The van der Waals surface area contributed by atoms with Crippen LogP contribution in [0.4, 0.5) is 5.69 Å². The number of aryl methyl sites for hydroxylation is 1. The van der Waals surface area contributed by atoms with Gasteiger partial charge < -0.3 is 16.0 Å². The van der Waals surface area contributed by atoms with Crippen molar-refractivity contribution in [2.45, 2.75) is 39.2 Å². The molecule has 0 aliphatic rings. The van der Waals surface area contributed by atoms with Gasteiger partial charge in [0.05, 0.1) is 0 Å². The van der Waals surface area contributed by atoms with E-state index in [4.69, 9.17) is 0 Å². The molecule has 2 rings (SSSR count). The van der Waals surface area contributed by atoms with Crippen molar-refractivity contribution < 1.29 is 9.59 Å². The van der Waals surface area contributed by atoms with Gasteiger partial charge in [-0.3, -0.25) is 9.59 Å². The van der Waals surface area contributed by atoms with Gasteiger partial charge in [0.1, 0.15) is 0 Å². The van der Waals surface area contributed by atoms with E-state index in [0.717, 1.165) is 19.4 Å². The van der Waals surface area contributed by atoms with Crippen molar-refractivity contribution >= 4 is 28.8 Å². The Morgan fingerprint density at radius 1 is 1.19 bits per heavy atom. The highest BCUT2D eigenvalue weighted by Crippen LogP contribution is 2.14. The Balaban J connectivity index is 1.79. The van der Waals surface area contributed by atoms with Crippen LogP contribution in [-0.2, 0) is 11.2 Å². The van der Waals surface area contributed by atoms with Gasteiger partial charge in [-0.05, 0) is 56.0 Å². The van der Waals surface area contributed by atoms with Crippen molar-refractivity contribution in [3.63, 3.8) is 0 Å². The van der Waals surface area contributed by atoms with Crippen molar-refractivity contribution in [2.75, 3.05) is 18.4 Å². The first-order valence-corrected chi connectivity index (χ1v) is 9.90. The topological polar surface area (TPSA) is 70.2 Å². The van der Waals surface area contributed by atoms with Crippen LogP contribution < -0.4 is 16.0 Å². The number of thiophene rings is 1. The summed E-state index contributed by atoms with van der Waals surface area (Å²) in [7, 11) is 0. The maximum Gasteiger partial charge on any atom is 0.251 e. The first kappa shape index (κ1) is 20.1. The number of likely N-dealkylation sites (N-methyl/N-ethyl adjacent to an activating group) is 1. The highest BCUT2D eigenvalue weighted by atomic mass is 32.1. The van der Waals surface area contributed by atoms with Gasteiger partial charge >= 0.3 is 0 Å². The molecule has 0 aliphatic carbocycles. The number of carbonyl (C=O) groups excluding carboxylic acids is 2. The lowest BCUT2D eigenvalue weighted by molar-refractivity contribution is -0.116. The Morgan fingerprint density at radius 2 is 2.04 bits per heavy atom. The van der Waals surface area contributed by atoms with Gasteiger partial charge in [0, 0.05) is 35.1 Å². The molecule has 2 amide bonds. The molecule has 3 N–H and O–H groups in total. The van der Waals surface area contributed by atoms with Gasteiger partial charge in [0.2, 0.25) is 5.91 Å². The number of nitrogens with one attached hydrogen (secondary N) is 3.